The second-order valence-corrected chi connectivity index (χ2v) is 3.16. The third-order valence-corrected chi connectivity index (χ3v) is 2.35. The Kier molecular flexibility index (Phi) is 2.03. The van der Waals surface area contributed by atoms with Crippen molar-refractivity contribution in [2.24, 2.45) is 23.0 Å². The third-order valence-electron chi connectivity index (χ3n) is 2.35. The van der Waals surface area contributed by atoms with Gasteiger partial charge in [-0.1, -0.05) is 0 Å². The molecule has 1 rings (SSSR count). The van der Waals surface area contributed by atoms with Gasteiger partial charge < -0.3 is 0 Å². The molecule has 6 nitrogen and oxygen atoms in total. The zero-order chi connectivity index (χ0) is 9.35. The van der Waals surface area contributed by atoms with Crippen molar-refractivity contribution in [2.45, 2.75) is 13.3 Å². The molecule has 0 aromatic heterocycles. The van der Waals surface area contributed by atoms with Crippen molar-refractivity contribution in [3.63, 3.8) is 0 Å². The van der Waals surface area contributed by atoms with Crippen LogP contribution in [0.2, 0.25) is 0 Å². The van der Waals surface area contributed by atoms with E-state index in [-0.39, 0.29) is 17.7 Å². The van der Waals surface area contributed by atoms with Crippen LogP contribution in [0.5, 0.6) is 0 Å². The zero-order valence-electron chi connectivity index (χ0n) is 6.76. The summed E-state index contributed by atoms with van der Waals surface area (Å²) in [5.74, 6) is 8.87. The van der Waals surface area contributed by atoms with Crippen LogP contribution in [0.1, 0.15) is 13.3 Å². The molecule has 1 aliphatic rings. The van der Waals surface area contributed by atoms with Gasteiger partial charge >= 0.3 is 0 Å². The van der Waals surface area contributed by atoms with Gasteiger partial charge in [-0.15, -0.1) is 0 Å². The van der Waals surface area contributed by atoms with Gasteiger partial charge in [-0.25, -0.2) is 11.7 Å². The highest BCUT2D eigenvalue weighted by molar-refractivity contribution is 5.95. The van der Waals surface area contributed by atoms with Crippen LogP contribution < -0.4 is 22.5 Å². The lowest BCUT2D eigenvalue weighted by Gasteiger charge is -2.07. The smallest absolute Gasteiger partial charge is 0.240 e. The van der Waals surface area contributed by atoms with Crippen LogP contribution in [0.4, 0.5) is 0 Å². The molecule has 68 valence electrons. The van der Waals surface area contributed by atoms with Crippen LogP contribution in [0, 0.1) is 11.3 Å². The standard InChI is InChI=1S/C6H12N4O2/c1-6(5(12)10-8)2-3(6)4(11)9-7/h3H,2,7-8H2,1H3,(H,9,11)(H,10,12)/t3-,6-/m1/s1. The number of hydrogen-bond donors (Lipinski definition) is 4. The molecule has 0 spiro atoms. The summed E-state index contributed by atoms with van der Waals surface area (Å²) in [6, 6.07) is 0. The van der Waals surface area contributed by atoms with E-state index in [1.807, 2.05) is 10.9 Å². The van der Waals surface area contributed by atoms with E-state index in [0.717, 1.165) is 0 Å². The van der Waals surface area contributed by atoms with Crippen molar-refractivity contribution >= 4 is 11.8 Å². The maximum absolute atomic E-state index is 11.1. The summed E-state index contributed by atoms with van der Waals surface area (Å²) in [7, 11) is 0. The molecule has 0 radical (unpaired) electrons. The number of hydrogen-bond acceptors (Lipinski definition) is 4. The fraction of sp³-hybridized carbons (Fsp3) is 0.667. The van der Waals surface area contributed by atoms with Crippen molar-refractivity contribution in [3.8, 4) is 0 Å². The minimum absolute atomic E-state index is 0.318. The number of nitrogens with one attached hydrogen (secondary N) is 2. The summed E-state index contributed by atoms with van der Waals surface area (Å²) in [4.78, 5) is 22.0. The molecule has 6 heteroatoms. The summed E-state index contributed by atoms with van der Waals surface area (Å²) in [5, 5.41) is 0. The Morgan fingerprint density at radius 3 is 2.42 bits per heavy atom. The number of hydrazine groups is 2. The summed E-state index contributed by atoms with van der Waals surface area (Å²) in [5.41, 5.74) is 3.35. The molecular formula is C6H12N4O2. The Labute approximate surface area is 69.6 Å². The fourth-order valence-electron chi connectivity index (χ4n) is 1.26. The minimum Gasteiger partial charge on any atom is -0.294 e. The summed E-state index contributed by atoms with van der Waals surface area (Å²) in [6.07, 6.45) is 0.499. The first-order chi connectivity index (χ1) is 5.56. The molecule has 0 aliphatic heterocycles. The summed E-state index contributed by atoms with van der Waals surface area (Å²) < 4.78 is 0. The lowest BCUT2D eigenvalue weighted by molar-refractivity contribution is -0.130. The van der Waals surface area contributed by atoms with E-state index < -0.39 is 5.41 Å². The van der Waals surface area contributed by atoms with Crippen LogP contribution in [-0.4, -0.2) is 11.8 Å². The first-order valence-corrected chi connectivity index (χ1v) is 3.57. The molecule has 12 heavy (non-hydrogen) atoms. The minimum atomic E-state index is -0.668. The van der Waals surface area contributed by atoms with E-state index >= 15 is 0 Å². The predicted molar refractivity (Wildman–Crippen MR) is 40.9 cm³/mol. The van der Waals surface area contributed by atoms with Crippen molar-refractivity contribution < 1.29 is 9.59 Å². The monoisotopic (exact) mass is 172 g/mol. The van der Waals surface area contributed by atoms with Crippen molar-refractivity contribution in [1.82, 2.24) is 10.9 Å². The SMILES string of the molecule is C[C@@]1(C(=O)NN)C[C@@H]1C(=O)NN. The number of nitrogens with two attached hydrogens (primary N) is 2. The van der Waals surface area contributed by atoms with Gasteiger partial charge in [-0.3, -0.25) is 20.4 Å². The highest BCUT2D eigenvalue weighted by atomic mass is 16.2. The lowest BCUT2D eigenvalue weighted by atomic mass is 10.1. The second-order valence-electron chi connectivity index (χ2n) is 3.16. The number of rotatable bonds is 2. The van der Waals surface area contributed by atoms with Crippen LogP contribution in [0.3, 0.4) is 0 Å². The average molecular weight is 172 g/mol. The molecule has 0 heterocycles. The van der Waals surface area contributed by atoms with Gasteiger partial charge in [0.15, 0.2) is 0 Å². The van der Waals surface area contributed by atoms with Crippen molar-refractivity contribution in [2.75, 3.05) is 0 Å². The molecule has 1 aliphatic carbocycles. The highest BCUT2D eigenvalue weighted by Gasteiger charge is 2.59. The Hall–Kier alpha value is -1.14. The quantitative estimate of drug-likeness (QED) is 0.219. The fourth-order valence-corrected chi connectivity index (χ4v) is 1.26. The Balaban J connectivity index is 2.59. The van der Waals surface area contributed by atoms with E-state index in [9.17, 15) is 9.59 Å². The Morgan fingerprint density at radius 2 is 2.00 bits per heavy atom. The normalized spacial score (nSPS) is 32.4. The maximum atomic E-state index is 11.1. The molecule has 0 unspecified atom stereocenters. The van der Waals surface area contributed by atoms with Gasteiger partial charge in [-0.2, -0.15) is 0 Å². The van der Waals surface area contributed by atoms with Crippen molar-refractivity contribution in [3.05, 3.63) is 0 Å². The number of carbonyl (C=O) groups is 2. The van der Waals surface area contributed by atoms with E-state index in [1.54, 1.807) is 6.92 Å². The maximum Gasteiger partial charge on any atom is 0.240 e. The van der Waals surface area contributed by atoms with Gasteiger partial charge in [0.2, 0.25) is 11.8 Å². The van der Waals surface area contributed by atoms with Gasteiger partial charge in [-0.05, 0) is 13.3 Å². The van der Waals surface area contributed by atoms with Crippen LogP contribution in [0.25, 0.3) is 0 Å². The molecule has 6 N–H and O–H groups in total. The zero-order valence-corrected chi connectivity index (χ0v) is 6.76. The molecule has 1 saturated carbocycles. The van der Waals surface area contributed by atoms with Crippen LogP contribution in [-0.2, 0) is 9.59 Å². The van der Waals surface area contributed by atoms with E-state index in [2.05, 4.69) is 0 Å². The predicted octanol–water partition coefficient (Wildman–Crippen LogP) is -2.01. The van der Waals surface area contributed by atoms with Gasteiger partial charge in [0.1, 0.15) is 0 Å². The average Bonchev–Trinajstić information content (AvgIpc) is 2.76. The van der Waals surface area contributed by atoms with Crippen LogP contribution in [0.15, 0.2) is 0 Å². The molecule has 2 amide bonds. The van der Waals surface area contributed by atoms with Crippen molar-refractivity contribution in [1.29, 1.82) is 0 Å². The van der Waals surface area contributed by atoms with Gasteiger partial charge in [0, 0.05) is 0 Å². The van der Waals surface area contributed by atoms with E-state index in [1.165, 1.54) is 0 Å². The topological polar surface area (TPSA) is 110 Å². The lowest BCUT2D eigenvalue weighted by Crippen LogP contribution is -2.40. The highest BCUT2D eigenvalue weighted by Crippen LogP contribution is 2.52. The number of carbonyl (C=O) groups excluding carboxylic acids is 2. The van der Waals surface area contributed by atoms with E-state index in [4.69, 9.17) is 11.7 Å². The summed E-state index contributed by atoms with van der Waals surface area (Å²) >= 11 is 0. The first kappa shape index (κ1) is 8.95. The molecule has 0 aromatic carbocycles. The van der Waals surface area contributed by atoms with Gasteiger partial charge in [0.25, 0.3) is 0 Å². The van der Waals surface area contributed by atoms with Crippen LogP contribution >= 0.6 is 0 Å². The Morgan fingerprint density at radius 1 is 1.42 bits per heavy atom. The second kappa shape index (κ2) is 2.72. The molecule has 0 saturated heterocycles. The van der Waals surface area contributed by atoms with Gasteiger partial charge in [0.05, 0.1) is 11.3 Å². The third kappa shape index (κ3) is 1.15. The molecule has 0 aromatic rings. The first-order valence-electron chi connectivity index (χ1n) is 3.57. The Bertz CT molecular complexity index is 230. The number of amides is 2. The largest absolute Gasteiger partial charge is 0.294 e. The molecule has 2 atom stereocenters. The molecule has 1 fully saturated rings. The summed E-state index contributed by atoms with van der Waals surface area (Å²) in [6.45, 7) is 1.68. The molecule has 0 bridgehead atoms. The van der Waals surface area contributed by atoms with E-state index in [0.29, 0.717) is 6.42 Å². The molecular weight excluding hydrogens is 160 g/mol.